The first-order chi connectivity index (χ1) is 21.8. The number of hydrogen-bond acceptors (Lipinski definition) is 0. The third kappa shape index (κ3) is 9.38. The summed E-state index contributed by atoms with van der Waals surface area (Å²) in [5.41, 5.74) is 8.47. The molecule has 0 radical (unpaired) electrons. The summed E-state index contributed by atoms with van der Waals surface area (Å²) in [5.74, 6) is 0.468. The van der Waals surface area contributed by atoms with E-state index in [0.717, 1.165) is 0 Å². The summed E-state index contributed by atoms with van der Waals surface area (Å²) < 4.78 is 2.23. The minimum atomic E-state index is 0. The van der Waals surface area contributed by atoms with Crippen molar-refractivity contribution in [3.05, 3.63) is 155 Å². The van der Waals surface area contributed by atoms with Gasteiger partial charge in [-0.25, -0.2) is 5.57 Å². The molecule has 7 rings (SSSR count). The molecule has 3 heteroatoms. The van der Waals surface area contributed by atoms with Crippen LogP contribution in [0.3, 0.4) is 0 Å². The van der Waals surface area contributed by atoms with Crippen molar-refractivity contribution in [1.29, 1.82) is 0 Å². The van der Waals surface area contributed by atoms with Crippen LogP contribution in [0.2, 0.25) is 0 Å². The second-order valence-electron chi connectivity index (χ2n) is 14.5. The van der Waals surface area contributed by atoms with Crippen LogP contribution in [0.4, 0.5) is 0 Å². The van der Waals surface area contributed by atoms with Gasteiger partial charge in [-0.1, -0.05) is 127 Å². The molecular formula is C45H46Cl2Zr-2. The van der Waals surface area contributed by atoms with Crippen molar-refractivity contribution in [3.8, 4) is 0 Å². The van der Waals surface area contributed by atoms with Gasteiger partial charge in [0.15, 0.2) is 0 Å². The molecule has 0 heterocycles. The van der Waals surface area contributed by atoms with Crippen LogP contribution in [-0.2, 0) is 35.1 Å². The van der Waals surface area contributed by atoms with Crippen molar-refractivity contribution in [2.24, 2.45) is 5.92 Å². The molecule has 1 atom stereocenters. The maximum atomic E-state index is 3.39. The van der Waals surface area contributed by atoms with Gasteiger partial charge < -0.3 is 24.8 Å². The van der Waals surface area contributed by atoms with Crippen molar-refractivity contribution < 1.29 is 49.0 Å². The van der Waals surface area contributed by atoms with Crippen LogP contribution in [0.5, 0.6) is 0 Å². The molecular weight excluding hydrogens is 703 g/mol. The predicted molar refractivity (Wildman–Crippen MR) is 200 cm³/mol. The van der Waals surface area contributed by atoms with E-state index in [9.17, 15) is 0 Å². The molecule has 0 spiro atoms. The number of hydrogen-bond donors (Lipinski definition) is 0. The summed E-state index contributed by atoms with van der Waals surface area (Å²) in [4.78, 5) is 0. The third-order valence-corrected chi connectivity index (χ3v) is 9.53. The number of rotatable bonds is 2. The fourth-order valence-electron chi connectivity index (χ4n) is 6.07. The van der Waals surface area contributed by atoms with E-state index < -0.39 is 0 Å². The topological polar surface area (TPSA) is 0 Å². The summed E-state index contributed by atoms with van der Waals surface area (Å²) in [5, 5.41) is 8.17. The van der Waals surface area contributed by atoms with E-state index in [1.165, 1.54) is 90.0 Å². The molecule has 0 amide bonds. The van der Waals surface area contributed by atoms with Gasteiger partial charge in [0.1, 0.15) is 0 Å². The van der Waals surface area contributed by atoms with Gasteiger partial charge in [0.05, 0.1) is 0 Å². The van der Waals surface area contributed by atoms with Crippen molar-refractivity contribution in [1.82, 2.24) is 0 Å². The van der Waals surface area contributed by atoms with Crippen molar-refractivity contribution >= 4 is 41.6 Å². The fourth-order valence-corrected chi connectivity index (χ4v) is 6.69. The molecule has 0 saturated heterocycles. The quantitative estimate of drug-likeness (QED) is 0.182. The number of halogens is 2. The zero-order chi connectivity index (χ0) is 33.1. The molecule has 1 aliphatic rings. The van der Waals surface area contributed by atoms with E-state index in [-0.39, 0.29) is 35.6 Å². The summed E-state index contributed by atoms with van der Waals surface area (Å²) in [6, 6.07) is 41.6. The van der Waals surface area contributed by atoms with Gasteiger partial charge in [-0.15, -0.1) is 45.3 Å². The molecule has 0 N–H and O–H groups in total. The number of fused-ring (bicyclic) bond motifs is 4. The molecule has 0 saturated carbocycles. The third-order valence-electron chi connectivity index (χ3n) is 8.77. The van der Waals surface area contributed by atoms with Crippen LogP contribution in [0, 0.1) is 12.0 Å². The van der Waals surface area contributed by atoms with Gasteiger partial charge in [-0.2, -0.15) is 11.6 Å². The Bertz CT molecular complexity index is 1970. The van der Waals surface area contributed by atoms with E-state index in [0.29, 0.717) is 5.92 Å². The summed E-state index contributed by atoms with van der Waals surface area (Å²) in [6.07, 6.45) is 5.66. The van der Waals surface area contributed by atoms with Gasteiger partial charge in [-0.05, 0) is 10.8 Å². The van der Waals surface area contributed by atoms with Crippen LogP contribution in [0.1, 0.15) is 77.6 Å². The average molecular weight is 749 g/mol. The summed E-state index contributed by atoms with van der Waals surface area (Å²) in [7, 11) is 0. The Labute approximate surface area is 315 Å². The van der Waals surface area contributed by atoms with Crippen molar-refractivity contribution in [3.63, 3.8) is 0 Å². The normalized spacial score (nSPS) is 14.1. The SMILES string of the molecule is CC(C)(C)c1ccc2[cH-]c3ccc(C(C)(C)C)cc3c2c1.CC1=[C-]C(C)C=C1c1ccccc1.[Cl-].[Cl-].[Zr+2]=[CH]c1cccc2ccccc12. The zero-order valence-corrected chi connectivity index (χ0v) is 33.4. The first-order valence-corrected chi connectivity index (χ1v) is 17.8. The van der Waals surface area contributed by atoms with Crippen LogP contribution in [0.25, 0.3) is 37.9 Å². The average Bonchev–Trinajstić information content (AvgIpc) is 3.58. The van der Waals surface area contributed by atoms with E-state index in [2.05, 4.69) is 180 Å². The van der Waals surface area contributed by atoms with Crippen LogP contribution < -0.4 is 24.8 Å². The second-order valence-corrected chi connectivity index (χ2v) is 15.2. The van der Waals surface area contributed by atoms with Gasteiger partial charge in [0, 0.05) is 0 Å². The van der Waals surface area contributed by atoms with Gasteiger partial charge in [0.2, 0.25) is 0 Å². The summed E-state index contributed by atoms with van der Waals surface area (Å²) in [6.45, 7) is 18.0. The van der Waals surface area contributed by atoms with Crippen LogP contribution in [0.15, 0.2) is 127 Å². The first-order valence-electron chi connectivity index (χ1n) is 16.4. The molecule has 1 aliphatic carbocycles. The standard InChI is InChI=1S/C21H25.C13H13.C11H8.2ClH.Zr/c1-20(2,3)16-9-7-14-11-15-8-10-17(21(4,5)6)13-19(15)18(14)12-16;1-10-8-11(2)13(9-10)12-6-4-3-5-7-12;1-9-5-4-7-10-6-2-3-8-11(9)10;;;/h7-13H,1-6H3;3-7,9-10H,1-2H3;1-8H;2*1H;/q2*-1;;;;+2/p-2. The molecule has 246 valence electrons. The van der Waals surface area contributed by atoms with Crippen LogP contribution in [-0.4, -0.2) is 3.71 Å². The molecule has 0 nitrogen and oxygen atoms in total. The first kappa shape index (κ1) is 39.5. The Morgan fingerprint density at radius 2 is 1.17 bits per heavy atom. The minimum absolute atomic E-state index is 0. The van der Waals surface area contributed by atoms with Crippen LogP contribution >= 0.6 is 0 Å². The Hall–Kier alpha value is -2.96. The van der Waals surface area contributed by atoms with E-state index in [1.54, 1.807) is 0 Å². The molecule has 6 aromatic rings. The van der Waals surface area contributed by atoms with Crippen molar-refractivity contribution in [2.45, 2.75) is 66.2 Å². The molecule has 0 aromatic heterocycles. The zero-order valence-electron chi connectivity index (χ0n) is 29.5. The molecule has 0 bridgehead atoms. The summed E-state index contributed by atoms with van der Waals surface area (Å²) >= 11 is 1.46. The molecule has 0 aliphatic heterocycles. The van der Waals surface area contributed by atoms with Gasteiger partial charge in [-0.3, -0.25) is 6.08 Å². The van der Waals surface area contributed by atoms with Gasteiger partial charge >= 0.3 is 86.7 Å². The number of allylic oxidation sites excluding steroid dienone is 4. The molecule has 0 fully saturated rings. The number of benzene rings is 5. The monoisotopic (exact) mass is 746 g/mol. The maximum absolute atomic E-state index is 3.39. The molecule has 1 unspecified atom stereocenters. The Morgan fingerprint density at radius 3 is 1.67 bits per heavy atom. The predicted octanol–water partition coefficient (Wildman–Crippen LogP) is 6.32. The van der Waals surface area contributed by atoms with E-state index in [4.69, 9.17) is 0 Å². The molecule has 48 heavy (non-hydrogen) atoms. The Balaban J connectivity index is 0.000000202. The molecule has 6 aromatic carbocycles. The van der Waals surface area contributed by atoms with E-state index >= 15 is 0 Å². The Morgan fingerprint density at radius 1 is 0.646 bits per heavy atom. The fraction of sp³-hybridized carbons (Fsp3) is 0.244. The second kappa shape index (κ2) is 16.6. The van der Waals surface area contributed by atoms with Gasteiger partial charge in [0.25, 0.3) is 0 Å². The van der Waals surface area contributed by atoms with Crippen molar-refractivity contribution in [2.75, 3.05) is 0 Å². The Kier molecular flexibility index (Phi) is 13.7. The van der Waals surface area contributed by atoms with E-state index in [1.807, 2.05) is 6.07 Å².